The molecule has 0 aromatic heterocycles. The van der Waals surface area contributed by atoms with Gasteiger partial charge in [-0.05, 0) is 0 Å². The molecular weight excluding hydrogens is 104 g/mol. The van der Waals surface area contributed by atoms with Gasteiger partial charge in [-0.1, -0.05) is 0 Å². The van der Waals surface area contributed by atoms with Gasteiger partial charge in [-0.15, -0.1) is 0 Å². The zero-order chi connectivity index (χ0) is 5.56. The van der Waals surface area contributed by atoms with E-state index < -0.39 is 0 Å². The molecule has 2 saturated heterocycles. The molecule has 0 saturated carbocycles. The van der Waals surface area contributed by atoms with Gasteiger partial charge in [0.2, 0.25) is 0 Å². The predicted octanol–water partition coefficient (Wildman–Crippen LogP) is -0.262. The molecule has 0 radical (unpaired) electrons. The smallest absolute Gasteiger partial charge is 0.320 e. The first-order valence-corrected chi connectivity index (χ1v) is 2.92. The summed E-state index contributed by atoms with van der Waals surface area (Å²) in [6.07, 6.45) is 0. The van der Waals surface area contributed by atoms with Crippen LogP contribution in [0.15, 0.2) is 0 Å². The SMILES string of the molecule is O=C1N2CCN1CC2. The van der Waals surface area contributed by atoms with E-state index >= 15 is 0 Å². The van der Waals surface area contributed by atoms with Gasteiger partial charge in [-0.25, -0.2) is 4.79 Å². The summed E-state index contributed by atoms with van der Waals surface area (Å²) in [6, 6.07) is 0.241. The molecule has 2 aliphatic rings. The van der Waals surface area contributed by atoms with E-state index in [2.05, 4.69) is 0 Å². The summed E-state index contributed by atoms with van der Waals surface area (Å²) in [4.78, 5) is 14.6. The van der Waals surface area contributed by atoms with Gasteiger partial charge < -0.3 is 9.80 Å². The Morgan fingerprint density at radius 3 is 1.50 bits per heavy atom. The van der Waals surface area contributed by atoms with Gasteiger partial charge in [-0.2, -0.15) is 0 Å². The number of urea groups is 1. The van der Waals surface area contributed by atoms with Crippen molar-refractivity contribution >= 4 is 6.03 Å². The number of carbonyl (C=O) groups excluding carboxylic acids is 1. The Morgan fingerprint density at radius 1 is 1.00 bits per heavy atom. The summed E-state index contributed by atoms with van der Waals surface area (Å²) < 4.78 is 0. The van der Waals surface area contributed by atoms with Crippen LogP contribution in [0, 0.1) is 0 Å². The third-order valence-corrected chi connectivity index (χ3v) is 1.82. The molecule has 2 heterocycles. The summed E-state index contributed by atoms with van der Waals surface area (Å²) in [5.74, 6) is 0. The quantitative estimate of drug-likeness (QED) is 0.423. The van der Waals surface area contributed by atoms with Crippen molar-refractivity contribution in [3.05, 3.63) is 0 Å². The molecule has 0 aromatic rings. The largest absolute Gasteiger partial charge is 0.321 e. The van der Waals surface area contributed by atoms with Crippen LogP contribution in [0.25, 0.3) is 0 Å². The maximum Gasteiger partial charge on any atom is 0.320 e. The second kappa shape index (κ2) is 1.16. The van der Waals surface area contributed by atoms with Crippen LogP contribution >= 0.6 is 0 Å². The number of piperazine rings is 1. The molecule has 44 valence electrons. The minimum atomic E-state index is 0.241. The minimum absolute atomic E-state index is 0.241. The fraction of sp³-hybridized carbons (Fsp3) is 0.800. The first-order chi connectivity index (χ1) is 3.88. The maximum absolute atomic E-state index is 10.8. The average molecular weight is 112 g/mol. The number of nitrogens with zero attached hydrogens (tertiary/aromatic N) is 2. The Labute approximate surface area is 47.9 Å². The van der Waals surface area contributed by atoms with Crippen LogP contribution < -0.4 is 0 Å². The molecule has 3 nitrogen and oxygen atoms in total. The van der Waals surface area contributed by atoms with Crippen LogP contribution in [0.1, 0.15) is 0 Å². The number of hydrogen-bond acceptors (Lipinski definition) is 1. The van der Waals surface area contributed by atoms with Gasteiger partial charge in [0.25, 0.3) is 0 Å². The molecule has 8 heavy (non-hydrogen) atoms. The second-order valence-electron chi connectivity index (χ2n) is 2.26. The highest BCUT2D eigenvalue weighted by atomic mass is 16.2. The lowest BCUT2D eigenvalue weighted by atomic mass is 10.4. The number of carbonyl (C=O) groups is 1. The van der Waals surface area contributed by atoms with Crippen molar-refractivity contribution in [2.45, 2.75) is 0 Å². The van der Waals surface area contributed by atoms with Crippen LogP contribution in [0.3, 0.4) is 0 Å². The number of amides is 2. The lowest BCUT2D eigenvalue weighted by Gasteiger charge is -2.09. The van der Waals surface area contributed by atoms with E-state index in [0.717, 1.165) is 26.2 Å². The van der Waals surface area contributed by atoms with Crippen molar-refractivity contribution in [3.63, 3.8) is 0 Å². The van der Waals surface area contributed by atoms with E-state index in [1.807, 2.05) is 9.80 Å². The highest BCUT2D eigenvalue weighted by Crippen LogP contribution is 2.13. The molecule has 0 N–H and O–H groups in total. The van der Waals surface area contributed by atoms with E-state index in [4.69, 9.17) is 0 Å². The zero-order valence-electron chi connectivity index (χ0n) is 4.63. The summed E-state index contributed by atoms with van der Waals surface area (Å²) in [5, 5.41) is 0. The summed E-state index contributed by atoms with van der Waals surface area (Å²) in [5.41, 5.74) is 0. The number of fused-ring (bicyclic) bond motifs is 2. The van der Waals surface area contributed by atoms with E-state index in [1.165, 1.54) is 0 Å². The van der Waals surface area contributed by atoms with Gasteiger partial charge in [-0.3, -0.25) is 0 Å². The summed E-state index contributed by atoms with van der Waals surface area (Å²) in [7, 11) is 0. The van der Waals surface area contributed by atoms with Crippen molar-refractivity contribution in [1.82, 2.24) is 9.80 Å². The Balaban J connectivity index is 2.28. The van der Waals surface area contributed by atoms with Crippen molar-refractivity contribution in [2.24, 2.45) is 0 Å². The van der Waals surface area contributed by atoms with Crippen LogP contribution in [-0.2, 0) is 0 Å². The topological polar surface area (TPSA) is 23.6 Å². The molecule has 3 heteroatoms. The Kier molecular flexibility index (Phi) is 0.604. The molecule has 2 aliphatic heterocycles. The van der Waals surface area contributed by atoms with Gasteiger partial charge in [0.05, 0.1) is 0 Å². The lowest BCUT2D eigenvalue weighted by molar-refractivity contribution is 0.217. The van der Waals surface area contributed by atoms with Crippen LogP contribution in [0.4, 0.5) is 4.79 Å². The Morgan fingerprint density at radius 2 is 1.38 bits per heavy atom. The minimum Gasteiger partial charge on any atom is -0.321 e. The standard InChI is InChI=1S/C5H8N2O/c8-5-6-1-2-7(5)4-3-6/h1-4H2. The molecule has 2 rings (SSSR count). The van der Waals surface area contributed by atoms with E-state index in [1.54, 1.807) is 0 Å². The molecule has 0 aliphatic carbocycles. The molecule has 0 aromatic carbocycles. The molecule has 2 bridgehead atoms. The average Bonchev–Trinajstić information content (AvgIpc) is 2.29. The lowest BCUT2D eigenvalue weighted by Crippen LogP contribution is -2.24. The maximum atomic E-state index is 10.8. The third kappa shape index (κ3) is 0.322. The third-order valence-electron chi connectivity index (χ3n) is 1.82. The van der Waals surface area contributed by atoms with Gasteiger partial charge >= 0.3 is 6.03 Å². The van der Waals surface area contributed by atoms with E-state index in [-0.39, 0.29) is 6.03 Å². The van der Waals surface area contributed by atoms with Crippen LogP contribution in [0.2, 0.25) is 0 Å². The molecule has 2 fully saturated rings. The highest BCUT2D eigenvalue weighted by Gasteiger charge is 2.33. The summed E-state index contributed by atoms with van der Waals surface area (Å²) in [6.45, 7) is 3.83. The summed E-state index contributed by atoms with van der Waals surface area (Å²) >= 11 is 0. The van der Waals surface area contributed by atoms with E-state index in [9.17, 15) is 4.79 Å². The molecule has 0 atom stereocenters. The van der Waals surface area contributed by atoms with Gasteiger partial charge in [0, 0.05) is 26.2 Å². The van der Waals surface area contributed by atoms with Gasteiger partial charge in [0.15, 0.2) is 0 Å². The first-order valence-electron chi connectivity index (χ1n) is 2.92. The normalized spacial score (nSPS) is 25.8. The van der Waals surface area contributed by atoms with Crippen molar-refractivity contribution in [1.29, 1.82) is 0 Å². The van der Waals surface area contributed by atoms with E-state index in [0.29, 0.717) is 0 Å². The van der Waals surface area contributed by atoms with Crippen LogP contribution in [-0.4, -0.2) is 42.0 Å². The van der Waals surface area contributed by atoms with Crippen molar-refractivity contribution in [3.8, 4) is 0 Å². The first kappa shape index (κ1) is 4.18. The molecule has 0 spiro atoms. The fourth-order valence-corrected chi connectivity index (χ4v) is 1.29. The predicted molar refractivity (Wildman–Crippen MR) is 28.5 cm³/mol. The van der Waals surface area contributed by atoms with Crippen molar-refractivity contribution in [2.75, 3.05) is 26.2 Å². The van der Waals surface area contributed by atoms with Gasteiger partial charge in [0.1, 0.15) is 0 Å². The zero-order valence-corrected chi connectivity index (χ0v) is 4.63. The number of rotatable bonds is 0. The Bertz CT molecular complexity index is 112. The fourth-order valence-electron chi connectivity index (χ4n) is 1.29. The highest BCUT2D eigenvalue weighted by molar-refractivity contribution is 5.78. The van der Waals surface area contributed by atoms with Crippen LogP contribution in [0.5, 0.6) is 0 Å². The molecular formula is C5H8N2O. The second-order valence-corrected chi connectivity index (χ2v) is 2.26. The molecule has 0 unspecified atom stereocenters. The monoisotopic (exact) mass is 112 g/mol. The molecule has 2 amide bonds. The number of hydrogen-bond donors (Lipinski definition) is 0. The Hall–Kier alpha value is -0.730. The van der Waals surface area contributed by atoms with Crippen molar-refractivity contribution < 1.29 is 4.79 Å².